The lowest BCUT2D eigenvalue weighted by Crippen LogP contribution is -1.92. The zero-order chi connectivity index (χ0) is 12.1. The zero-order valence-corrected chi connectivity index (χ0v) is 10.7. The molecular weight excluding hydrogens is 232 g/mol. The Kier molecular flexibility index (Phi) is 4.12. The van der Waals surface area contributed by atoms with Crippen molar-refractivity contribution in [3.05, 3.63) is 34.7 Å². The normalized spacial score (nSPS) is 10.6. The molecule has 0 aliphatic rings. The molecule has 2 rings (SSSR count). The number of nitrogen functional groups attached to an aromatic ring is 1. The van der Waals surface area contributed by atoms with Gasteiger partial charge in [-0.15, -0.1) is 11.3 Å². The average Bonchev–Trinajstić information content (AvgIpc) is 2.79. The summed E-state index contributed by atoms with van der Waals surface area (Å²) in [4.78, 5) is 4.60. The Labute approximate surface area is 105 Å². The Morgan fingerprint density at radius 1 is 1.29 bits per heavy atom. The summed E-state index contributed by atoms with van der Waals surface area (Å²) in [5, 5.41) is 3.25. The summed E-state index contributed by atoms with van der Waals surface area (Å²) in [7, 11) is 1.72. The summed E-state index contributed by atoms with van der Waals surface area (Å²) < 4.78 is 5.03. The van der Waals surface area contributed by atoms with E-state index in [9.17, 15) is 0 Å². The molecule has 1 aromatic carbocycles. The molecule has 1 heterocycles. The van der Waals surface area contributed by atoms with E-state index in [1.807, 2.05) is 24.3 Å². The number of benzene rings is 1. The predicted molar refractivity (Wildman–Crippen MR) is 72.2 cm³/mol. The van der Waals surface area contributed by atoms with Crippen LogP contribution in [0.1, 0.15) is 11.4 Å². The quantitative estimate of drug-likeness (QED) is 0.653. The number of methoxy groups -OCH3 is 1. The van der Waals surface area contributed by atoms with Gasteiger partial charge in [0.2, 0.25) is 0 Å². The molecule has 2 aromatic rings. The molecule has 0 unspecified atom stereocenters. The summed E-state index contributed by atoms with van der Waals surface area (Å²) >= 11 is 1.70. The first-order chi connectivity index (χ1) is 8.29. The van der Waals surface area contributed by atoms with Crippen molar-refractivity contribution in [2.45, 2.75) is 12.8 Å². The lowest BCUT2D eigenvalue weighted by Gasteiger charge is -1.98. The smallest absolute Gasteiger partial charge is 0.0933 e. The number of ether oxygens (including phenoxy) is 1. The largest absolute Gasteiger partial charge is 0.399 e. The lowest BCUT2D eigenvalue weighted by molar-refractivity contribution is 0.195. The van der Waals surface area contributed by atoms with Gasteiger partial charge in [0.05, 0.1) is 10.7 Å². The van der Waals surface area contributed by atoms with Crippen molar-refractivity contribution >= 4 is 17.0 Å². The van der Waals surface area contributed by atoms with Crippen molar-refractivity contribution in [1.29, 1.82) is 0 Å². The SMILES string of the molecule is COCCCc1nc(-c2ccc(N)cc2)cs1. The predicted octanol–water partition coefficient (Wildman–Crippen LogP) is 2.97. The third kappa shape index (κ3) is 3.28. The highest BCUT2D eigenvalue weighted by atomic mass is 32.1. The maximum absolute atomic E-state index is 5.66. The molecule has 4 heteroatoms. The van der Waals surface area contributed by atoms with Crippen LogP contribution in [0.4, 0.5) is 5.69 Å². The molecule has 0 spiro atoms. The molecule has 0 radical (unpaired) electrons. The van der Waals surface area contributed by atoms with E-state index in [0.29, 0.717) is 0 Å². The highest BCUT2D eigenvalue weighted by Gasteiger charge is 2.04. The van der Waals surface area contributed by atoms with Crippen molar-refractivity contribution in [3.8, 4) is 11.3 Å². The topological polar surface area (TPSA) is 48.1 Å². The summed E-state index contributed by atoms with van der Waals surface area (Å²) in [6.45, 7) is 0.788. The van der Waals surface area contributed by atoms with Crippen LogP contribution in [0.25, 0.3) is 11.3 Å². The molecule has 0 saturated heterocycles. The third-order valence-electron chi connectivity index (χ3n) is 2.50. The van der Waals surface area contributed by atoms with E-state index in [1.54, 1.807) is 18.4 Å². The van der Waals surface area contributed by atoms with Crippen LogP contribution in [0.2, 0.25) is 0 Å². The summed E-state index contributed by atoms with van der Waals surface area (Å²) in [5.41, 5.74) is 8.59. The van der Waals surface area contributed by atoms with Gasteiger partial charge in [0.1, 0.15) is 0 Å². The monoisotopic (exact) mass is 248 g/mol. The van der Waals surface area contributed by atoms with Crippen molar-refractivity contribution in [2.24, 2.45) is 0 Å². The van der Waals surface area contributed by atoms with Gasteiger partial charge in [-0.1, -0.05) is 12.1 Å². The fourth-order valence-corrected chi connectivity index (χ4v) is 2.43. The summed E-state index contributed by atoms with van der Waals surface area (Å²) in [5.74, 6) is 0. The Morgan fingerprint density at radius 2 is 2.06 bits per heavy atom. The second-order valence-corrected chi connectivity index (χ2v) is 4.79. The Balaban J connectivity index is 2.04. The minimum absolute atomic E-state index is 0.782. The second kappa shape index (κ2) is 5.80. The van der Waals surface area contributed by atoms with Gasteiger partial charge >= 0.3 is 0 Å². The molecule has 1 aromatic heterocycles. The number of thiazole rings is 1. The standard InChI is InChI=1S/C13H16N2OS/c1-16-8-2-3-13-15-12(9-17-13)10-4-6-11(14)7-5-10/h4-7,9H,2-3,8,14H2,1H3. The van der Waals surface area contributed by atoms with Crippen LogP contribution in [0.3, 0.4) is 0 Å². The molecule has 17 heavy (non-hydrogen) atoms. The average molecular weight is 248 g/mol. The number of anilines is 1. The van der Waals surface area contributed by atoms with Crippen molar-refractivity contribution < 1.29 is 4.74 Å². The number of aryl methyl sites for hydroxylation is 1. The first kappa shape index (κ1) is 12.1. The molecule has 0 saturated carbocycles. The van der Waals surface area contributed by atoms with Crippen LogP contribution in [0.5, 0.6) is 0 Å². The molecule has 0 aliphatic carbocycles. The van der Waals surface area contributed by atoms with Crippen molar-refractivity contribution in [1.82, 2.24) is 4.98 Å². The van der Waals surface area contributed by atoms with Gasteiger partial charge in [0.25, 0.3) is 0 Å². The van der Waals surface area contributed by atoms with Gasteiger partial charge in [0, 0.05) is 36.8 Å². The van der Waals surface area contributed by atoms with E-state index in [-0.39, 0.29) is 0 Å². The molecule has 0 amide bonds. The number of hydrogen-bond donors (Lipinski definition) is 1. The maximum atomic E-state index is 5.66. The Morgan fingerprint density at radius 3 is 2.76 bits per heavy atom. The lowest BCUT2D eigenvalue weighted by atomic mass is 10.1. The van der Waals surface area contributed by atoms with Crippen LogP contribution in [0.15, 0.2) is 29.6 Å². The molecule has 2 N–H and O–H groups in total. The molecule has 0 bridgehead atoms. The summed E-state index contributed by atoms with van der Waals surface area (Å²) in [6.07, 6.45) is 2.00. The van der Waals surface area contributed by atoms with E-state index in [4.69, 9.17) is 10.5 Å². The van der Waals surface area contributed by atoms with Crippen LogP contribution >= 0.6 is 11.3 Å². The van der Waals surface area contributed by atoms with E-state index in [2.05, 4.69) is 10.4 Å². The van der Waals surface area contributed by atoms with E-state index in [1.165, 1.54) is 0 Å². The van der Waals surface area contributed by atoms with Crippen LogP contribution in [0, 0.1) is 0 Å². The Hall–Kier alpha value is -1.39. The van der Waals surface area contributed by atoms with Crippen molar-refractivity contribution in [3.63, 3.8) is 0 Å². The maximum Gasteiger partial charge on any atom is 0.0933 e. The molecule has 90 valence electrons. The molecular formula is C13H16N2OS. The van der Waals surface area contributed by atoms with E-state index in [0.717, 1.165) is 41.4 Å². The molecule has 0 aliphatic heterocycles. The van der Waals surface area contributed by atoms with Gasteiger partial charge in [-0.2, -0.15) is 0 Å². The summed E-state index contributed by atoms with van der Waals surface area (Å²) in [6, 6.07) is 7.81. The fourth-order valence-electron chi connectivity index (χ4n) is 1.58. The van der Waals surface area contributed by atoms with Crippen molar-refractivity contribution in [2.75, 3.05) is 19.5 Å². The minimum atomic E-state index is 0.782. The number of nitrogens with zero attached hydrogens (tertiary/aromatic N) is 1. The molecule has 0 atom stereocenters. The van der Waals surface area contributed by atoms with Crippen LogP contribution in [-0.4, -0.2) is 18.7 Å². The van der Waals surface area contributed by atoms with E-state index < -0.39 is 0 Å². The minimum Gasteiger partial charge on any atom is -0.399 e. The van der Waals surface area contributed by atoms with Gasteiger partial charge in [0.15, 0.2) is 0 Å². The number of hydrogen-bond acceptors (Lipinski definition) is 4. The van der Waals surface area contributed by atoms with Crippen LogP contribution < -0.4 is 5.73 Å². The molecule has 0 fully saturated rings. The number of nitrogens with two attached hydrogens (primary N) is 1. The van der Waals surface area contributed by atoms with E-state index >= 15 is 0 Å². The number of aromatic nitrogens is 1. The van der Waals surface area contributed by atoms with Gasteiger partial charge in [-0.25, -0.2) is 4.98 Å². The Bertz CT molecular complexity index is 465. The zero-order valence-electron chi connectivity index (χ0n) is 9.85. The third-order valence-corrected chi connectivity index (χ3v) is 3.41. The first-order valence-electron chi connectivity index (χ1n) is 5.59. The molecule has 3 nitrogen and oxygen atoms in total. The van der Waals surface area contributed by atoms with Gasteiger partial charge < -0.3 is 10.5 Å². The second-order valence-electron chi connectivity index (χ2n) is 3.84. The highest BCUT2D eigenvalue weighted by Crippen LogP contribution is 2.23. The van der Waals surface area contributed by atoms with Crippen LogP contribution in [-0.2, 0) is 11.2 Å². The van der Waals surface area contributed by atoms with Gasteiger partial charge in [-0.3, -0.25) is 0 Å². The first-order valence-corrected chi connectivity index (χ1v) is 6.47. The fraction of sp³-hybridized carbons (Fsp3) is 0.308. The highest BCUT2D eigenvalue weighted by molar-refractivity contribution is 7.09. The van der Waals surface area contributed by atoms with Gasteiger partial charge in [-0.05, 0) is 18.6 Å². The number of rotatable bonds is 5.